The third kappa shape index (κ3) is 3.22. The van der Waals surface area contributed by atoms with Crippen LogP contribution in [0.3, 0.4) is 0 Å². The molecule has 1 heterocycles. The molecule has 9 nitrogen and oxygen atoms in total. The lowest BCUT2D eigenvalue weighted by atomic mass is 10.2. The van der Waals surface area contributed by atoms with Crippen LogP contribution in [-0.2, 0) is 6.54 Å². The molecule has 0 aliphatic rings. The number of aromatic nitrogens is 3. The number of phenols is 1. The van der Waals surface area contributed by atoms with Crippen molar-refractivity contribution in [3.63, 3.8) is 0 Å². The number of aromatic carboxylic acids is 1. The van der Waals surface area contributed by atoms with Gasteiger partial charge in [0.1, 0.15) is 23.5 Å². The highest BCUT2D eigenvalue weighted by atomic mass is 16.4. The van der Waals surface area contributed by atoms with Gasteiger partial charge in [0.25, 0.3) is 0 Å². The van der Waals surface area contributed by atoms with E-state index in [0.717, 1.165) is 6.07 Å². The van der Waals surface area contributed by atoms with Gasteiger partial charge >= 0.3 is 12.0 Å². The van der Waals surface area contributed by atoms with Gasteiger partial charge < -0.3 is 20.8 Å². The van der Waals surface area contributed by atoms with Gasteiger partial charge in [0.15, 0.2) is 0 Å². The molecule has 0 unspecified atom stereocenters. The van der Waals surface area contributed by atoms with E-state index < -0.39 is 17.7 Å². The van der Waals surface area contributed by atoms with Crippen LogP contribution in [0.2, 0.25) is 0 Å². The maximum Gasteiger partial charge on any atom is 0.339 e. The standard InChI is InChI=1S/C11H11N5O4/c17-8-3-6(1-2-7(8)10(18)19)15-11(20)12-4-9-13-5-14-16-9/h1-3,5,17H,4H2,(H,18,19)(H2,12,15,20)(H,13,14,16). The molecule has 0 aliphatic heterocycles. The summed E-state index contributed by atoms with van der Waals surface area (Å²) >= 11 is 0. The second-order valence-electron chi connectivity index (χ2n) is 3.78. The lowest BCUT2D eigenvalue weighted by molar-refractivity contribution is 0.0694. The van der Waals surface area contributed by atoms with Crippen LogP contribution in [0.15, 0.2) is 24.5 Å². The molecule has 0 saturated carbocycles. The lowest BCUT2D eigenvalue weighted by Gasteiger charge is -2.07. The van der Waals surface area contributed by atoms with E-state index in [2.05, 4.69) is 25.8 Å². The summed E-state index contributed by atoms with van der Waals surface area (Å²) in [6, 6.07) is 3.20. The highest BCUT2D eigenvalue weighted by Crippen LogP contribution is 2.21. The molecule has 9 heteroatoms. The number of H-pyrrole nitrogens is 1. The van der Waals surface area contributed by atoms with Gasteiger partial charge in [0.05, 0.1) is 6.54 Å². The fourth-order valence-corrected chi connectivity index (χ4v) is 1.45. The van der Waals surface area contributed by atoms with Crippen molar-refractivity contribution in [2.75, 3.05) is 5.32 Å². The number of carbonyl (C=O) groups is 2. The number of rotatable bonds is 4. The van der Waals surface area contributed by atoms with E-state index in [1.54, 1.807) is 0 Å². The summed E-state index contributed by atoms with van der Waals surface area (Å²) in [4.78, 5) is 26.1. The average Bonchev–Trinajstić information content (AvgIpc) is 2.89. The van der Waals surface area contributed by atoms with Crippen LogP contribution < -0.4 is 10.6 Å². The zero-order valence-electron chi connectivity index (χ0n) is 10.1. The van der Waals surface area contributed by atoms with Crippen molar-refractivity contribution in [3.05, 3.63) is 35.9 Å². The largest absolute Gasteiger partial charge is 0.507 e. The van der Waals surface area contributed by atoms with Gasteiger partial charge in [-0.3, -0.25) is 5.10 Å². The Bertz CT molecular complexity index is 626. The number of hydrogen-bond donors (Lipinski definition) is 5. The monoisotopic (exact) mass is 277 g/mol. The van der Waals surface area contributed by atoms with Crippen LogP contribution in [0.5, 0.6) is 5.75 Å². The number of carboxylic acid groups (broad SMARTS) is 1. The minimum absolute atomic E-state index is 0.158. The molecule has 1 aromatic carbocycles. The zero-order chi connectivity index (χ0) is 14.5. The molecule has 2 rings (SSSR count). The topological polar surface area (TPSA) is 140 Å². The van der Waals surface area contributed by atoms with E-state index >= 15 is 0 Å². The summed E-state index contributed by atoms with van der Waals surface area (Å²) < 4.78 is 0. The molecule has 0 fully saturated rings. The molecule has 0 aliphatic carbocycles. The second-order valence-corrected chi connectivity index (χ2v) is 3.78. The predicted molar refractivity (Wildman–Crippen MR) is 67.3 cm³/mol. The molecule has 0 atom stereocenters. The SMILES string of the molecule is O=C(NCc1ncn[nH]1)Nc1ccc(C(=O)O)c(O)c1. The van der Waals surface area contributed by atoms with Gasteiger partial charge in [0.2, 0.25) is 0 Å². The minimum atomic E-state index is -1.25. The van der Waals surface area contributed by atoms with Crippen LogP contribution >= 0.6 is 0 Å². The van der Waals surface area contributed by atoms with Crippen molar-refractivity contribution in [3.8, 4) is 5.75 Å². The maximum atomic E-state index is 11.6. The maximum absolute atomic E-state index is 11.6. The van der Waals surface area contributed by atoms with Crippen molar-refractivity contribution in [2.45, 2.75) is 6.54 Å². The number of benzene rings is 1. The first-order valence-electron chi connectivity index (χ1n) is 5.51. The van der Waals surface area contributed by atoms with Crippen LogP contribution in [0.4, 0.5) is 10.5 Å². The van der Waals surface area contributed by atoms with Crippen LogP contribution in [0, 0.1) is 0 Å². The number of nitrogens with zero attached hydrogens (tertiary/aromatic N) is 2. The van der Waals surface area contributed by atoms with Gasteiger partial charge in [-0.15, -0.1) is 0 Å². The van der Waals surface area contributed by atoms with Gasteiger partial charge in [-0.25, -0.2) is 14.6 Å². The third-order valence-electron chi connectivity index (χ3n) is 2.37. The lowest BCUT2D eigenvalue weighted by Crippen LogP contribution is -2.28. The Morgan fingerprint density at radius 3 is 2.75 bits per heavy atom. The van der Waals surface area contributed by atoms with E-state index in [4.69, 9.17) is 5.11 Å². The average molecular weight is 277 g/mol. The van der Waals surface area contributed by atoms with E-state index in [1.165, 1.54) is 18.5 Å². The molecule has 20 heavy (non-hydrogen) atoms. The summed E-state index contributed by atoms with van der Waals surface area (Å²) in [7, 11) is 0. The van der Waals surface area contributed by atoms with Crippen molar-refractivity contribution in [1.29, 1.82) is 0 Å². The Kier molecular flexibility index (Phi) is 3.80. The molecule has 0 radical (unpaired) electrons. The predicted octanol–water partition coefficient (Wildman–Crippen LogP) is 0.530. The van der Waals surface area contributed by atoms with Crippen molar-refractivity contribution >= 4 is 17.7 Å². The van der Waals surface area contributed by atoms with Gasteiger partial charge in [-0.05, 0) is 12.1 Å². The second kappa shape index (κ2) is 5.69. The van der Waals surface area contributed by atoms with E-state index in [9.17, 15) is 14.7 Å². The first-order valence-corrected chi connectivity index (χ1v) is 5.51. The quantitative estimate of drug-likeness (QED) is 0.552. The Morgan fingerprint density at radius 1 is 1.35 bits per heavy atom. The summed E-state index contributed by atoms with van der Waals surface area (Å²) in [5.41, 5.74) is 0.0280. The Morgan fingerprint density at radius 2 is 2.15 bits per heavy atom. The summed E-state index contributed by atoms with van der Waals surface area (Å²) in [6.45, 7) is 0.158. The number of urea groups is 1. The number of anilines is 1. The summed E-state index contributed by atoms with van der Waals surface area (Å²) in [6.07, 6.45) is 1.32. The first-order chi connectivity index (χ1) is 9.56. The molecule has 2 aromatic rings. The Balaban J connectivity index is 1.94. The smallest absolute Gasteiger partial charge is 0.339 e. The Labute approximate surface area is 112 Å². The van der Waals surface area contributed by atoms with E-state index in [0.29, 0.717) is 5.82 Å². The van der Waals surface area contributed by atoms with Crippen molar-refractivity contribution in [1.82, 2.24) is 20.5 Å². The molecule has 0 saturated heterocycles. The number of carbonyl (C=O) groups excluding carboxylic acids is 1. The zero-order valence-corrected chi connectivity index (χ0v) is 10.1. The molecule has 104 valence electrons. The molecule has 0 spiro atoms. The summed E-state index contributed by atoms with van der Waals surface area (Å²) in [5, 5.41) is 29.4. The van der Waals surface area contributed by atoms with Crippen molar-refractivity contribution in [2.24, 2.45) is 0 Å². The van der Waals surface area contributed by atoms with Gasteiger partial charge in [0, 0.05) is 11.8 Å². The fourth-order valence-electron chi connectivity index (χ4n) is 1.45. The van der Waals surface area contributed by atoms with Crippen LogP contribution in [0.25, 0.3) is 0 Å². The molecule has 1 aromatic heterocycles. The first kappa shape index (κ1) is 13.3. The third-order valence-corrected chi connectivity index (χ3v) is 2.37. The molecular formula is C11H11N5O4. The number of aromatic amines is 1. The number of nitrogens with one attached hydrogen (secondary N) is 3. The molecule has 5 N–H and O–H groups in total. The number of carboxylic acids is 1. The van der Waals surface area contributed by atoms with E-state index in [1.807, 2.05) is 0 Å². The number of amides is 2. The molecular weight excluding hydrogens is 266 g/mol. The molecule has 2 amide bonds. The van der Waals surface area contributed by atoms with E-state index in [-0.39, 0.29) is 17.8 Å². The fraction of sp³-hybridized carbons (Fsp3) is 0.0909. The van der Waals surface area contributed by atoms with Gasteiger partial charge in [-0.2, -0.15) is 5.10 Å². The van der Waals surface area contributed by atoms with Crippen molar-refractivity contribution < 1.29 is 19.8 Å². The highest BCUT2D eigenvalue weighted by Gasteiger charge is 2.10. The van der Waals surface area contributed by atoms with Crippen LogP contribution in [0.1, 0.15) is 16.2 Å². The number of hydrogen-bond acceptors (Lipinski definition) is 5. The summed E-state index contributed by atoms with van der Waals surface area (Å²) in [5.74, 6) is -1.18. The van der Waals surface area contributed by atoms with Gasteiger partial charge in [-0.1, -0.05) is 0 Å². The number of aromatic hydroxyl groups is 1. The minimum Gasteiger partial charge on any atom is -0.507 e. The normalized spacial score (nSPS) is 10.0. The van der Waals surface area contributed by atoms with Crippen LogP contribution in [-0.4, -0.2) is 37.4 Å². The Hall–Kier alpha value is -3.10. The molecule has 0 bridgehead atoms. The highest BCUT2D eigenvalue weighted by molar-refractivity contribution is 5.93.